The normalized spacial score (nSPS) is 13.9. The third kappa shape index (κ3) is 5.81. The topological polar surface area (TPSA) is 9.72 Å². The summed E-state index contributed by atoms with van der Waals surface area (Å²) < 4.78 is 8.50. The van der Waals surface area contributed by atoms with Crippen LogP contribution < -0.4 is 0 Å². The van der Waals surface area contributed by atoms with E-state index in [1.54, 1.807) is 0 Å². The first kappa shape index (κ1) is 22.4. The Labute approximate surface area is 146 Å². The zero-order valence-corrected chi connectivity index (χ0v) is 19.4. The fraction of sp³-hybridized carbons (Fsp3) is 1.00. The average Bonchev–Trinajstić information content (AvgIpc) is 2.24. The van der Waals surface area contributed by atoms with Crippen LogP contribution in [0.1, 0.15) is 83.1 Å². The molecule has 0 heterocycles. The van der Waals surface area contributed by atoms with Gasteiger partial charge in [-0.25, -0.2) is 0 Å². The molecule has 0 amide bonds. The number of rotatable bonds is 9. The summed E-state index contributed by atoms with van der Waals surface area (Å²) in [6.07, 6.45) is 0. The summed E-state index contributed by atoms with van der Waals surface area (Å²) in [7, 11) is 0. The Balaban J connectivity index is 6.03. The van der Waals surface area contributed by atoms with Gasteiger partial charge in [0.25, 0.3) is 0 Å². The molecule has 0 saturated heterocycles. The van der Waals surface area contributed by atoms with Gasteiger partial charge in [-0.15, -0.1) is 0 Å². The van der Waals surface area contributed by atoms with Gasteiger partial charge in [-0.05, 0) is 0 Å². The number of hydrogen-bond donors (Lipinski definition) is 0. The van der Waals surface area contributed by atoms with Crippen LogP contribution in [-0.4, -0.2) is 62.8 Å². The van der Waals surface area contributed by atoms with Gasteiger partial charge in [0, 0.05) is 0 Å². The van der Waals surface area contributed by atoms with Crippen molar-refractivity contribution in [3.05, 3.63) is 0 Å². The second-order valence-electron chi connectivity index (χ2n) is 8.08. The molecule has 4 heteroatoms. The van der Waals surface area contributed by atoms with Crippen molar-refractivity contribution in [3.63, 3.8) is 0 Å². The second-order valence-corrected chi connectivity index (χ2v) is 12.6. The molecule has 0 rings (SSSR count). The predicted octanol–water partition coefficient (Wildman–Crippen LogP) is 4.33. The SMILES string of the molecule is CC(C)[N](C(C)C)[Ge]([N](C(C)C)C(C)C)[N](C(C)C)C(C)C. The van der Waals surface area contributed by atoms with Crippen LogP contribution in [0.25, 0.3) is 0 Å². The van der Waals surface area contributed by atoms with Gasteiger partial charge in [0.05, 0.1) is 0 Å². The molecule has 0 aromatic rings. The predicted molar refractivity (Wildman–Crippen MR) is 102 cm³/mol. The Bertz CT molecular complexity index is 229. The van der Waals surface area contributed by atoms with E-state index in [9.17, 15) is 0 Å². The molecule has 0 aromatic heterocycles. The Hall–Kier alpha value is 0.423. The van der Waals surface area contributed by atoms with Gasteiger partial charge in [0.15, 0.2) is 0 Å². The van der Waals surface area contributed by atoms with Crippen molar-refractivity contribution in [2.45, 2.75) is 119 Å². The van der Waals surface area contributed by atoms with Gasteiger partial charge in [-0.3, -0.25) is 0 Å². The first-order valence-electron chi connectivity index (χ1n) is 9.15. The van der Waals surface area contributed by atoms with Crippen LogP contribution in [0.2, 0.25) is 0 Å². The van der Waals surface area contributed by atoms with Crippen molar-refractivity contribution in [1.82, 2.24) is 11.6 Å². The quantitative estimate of drug-likeness (QED) is 0.557. The standard InChI is InChI=1S/C18H42GeN3/c1-13(2)20(14(3)4)19(21(15(5)6)16(7)8)22(17(9)10)18(11)12/h13-18H,1-12H3. The van der Waals surface area contributed by atoms with Crippen molar-refractivity contribution in [2.24, 2.45) is 0 Å². The molecule has 22 heavy (non-hydrogen) atoms. The summed E-state index contributed by atoms with van der Waals surface area (Å²) >= 11 is -1.78. The van der Waals surface area contributed by atoms with Crippen LogP contribution in [0.3, 0.4) is 0 Å². The van der Waals surface area contributed by atoms with E-state index >= 15 is 0 Å². The first-order chi connectivity index (χ1) is 9.93. The third-order valence-electron chi connectivity index (χ3n) is 4.03. The Morgan fingerprint density at radius 3 is 0.591 bits per heavy atom. The summed E-state index contributed by atoms with van der Waals surface area (Å²) in [4.78, 5) is 0. The fourth-order valence-electron chi connectivity index (χ4n) is 3.57. The van der Waals surface area contributed by atoms with E-state index < -0.39 is 15.0 Å². The molecule has 0 aliphatic rings. The molecular weight excluding hydrogens is 331 g/mol. The minimum atomic E-state index is -1.78. The van der Waals surface area contributed by atoms with E-state index in [-0.39, 0.29) is 0 Å². The molecule has 3 nitrogen and oxygen atoms in total. The van der Waals surface area contributed by atoms with Gasteiger partial charge < -0.3 is 0 Å². The zero-order chi connectivity index (χ0) is 17.8. The maximum atomic E-state index is 2.83. The summed E-state index contributed by atoms with van der Waals surface area (Å²) in [5.74, 6) is 0. The Morgan fingerprint density at radius 2 is 0.500 bits per heavy atom. The zero-order valence-electron chi connectivity index (χ0n) is 17.3. The number of hydrogen-bond acceptors (Lipinski definition) is 3. The fourth-order valence-corrected chi connectivity index (χ4v) is 11.1. The second kappa shape index (κ2) is 9.65. The Morgan fingerprint density at radius 1 is 0.364 bits per heavy atom. The van der Waals surface area contributed by atoms with Gasteiger partial charge in [-0.1, -0.05) is 0 Å². The van der Waals surface area contributed by atoms with Crippen LogP contribution in [0, 0.1) is 0 Å². The van der Waals surface area contributed by atoms with Gasteiger partial charge in [0.2, 0.25) is 0 Å². The van der Waals surface area contributed by atoms with Crippen molar-refractivity contribution in [2.75, 3.05) is 0 Å². The molecule has 1 radical (unpaired) electrons. The molecule has 0 saturated carbocycles. The molecule has 0 N–H and O–H groups in total. The van der Waals surface area contributed by atoms with E-state index in [2.05, 4.69) is 94.7 Å². The molecular formula is C18H42GeN3. The van der Waals surface area contributed by atoms with E-state index in [4.69, 9.17) is 0 Å². The molecule has 0 aliphatic carbocycles. The summed E-state index contributed by atoms with van der Waals surface area (Å²) in [5, 5.41) is 0. The molecule has 133 valence electrons. The monoisotopic (exact) mass is 374 g/mol. The molecule has 0 atom stereocenters. The molecule has 0 bridgehead atoms. The molecule has 0 spiro atoms. The van der Waals surface area contributed by atoms with E-state index in [0.717, 1.165) is 0 Å². The van der Waals surface area contributed by atoms with Crippen LogP contribution in [-0.2, 0) is 0 Å². The molecule has 0 unspecified atom stereocenters. The van der Waals surface area contributed by atoms with Crippen molar-refractivity contribution >= 4 is 15.0 Å². The van der Waals surface area contributed by atoms with E-state index in [1.807, 2.05) is 0 Å². The van der Waals surface area contributed by atoms with E-state index in [0.29, 0.717) is 36.3 Å². The van der Waals surface area contributed by atoms with Crippen LogP contribution in [0.4, 0.5) is 0 Å². The van der Waals surface area contributed by atoms with Gasteiger partial charge in [-0.2, -0.15) is 0 Å². The van der Waals surface area contributed by atoms with Gasteiger partial charge in [0.1, 0.15) is 0 Å². The average molecular weight is 373 g/mol. The summed E-state index contributed by atoms with van der Waals surface area (Å²) in [6, 6.07) is 3.56. The van der Waals surface area contributed by atoms with Crippen molar-refractivity contribution in [3.8, 4) is 0 Å². The van der Waals surface area contributed by atoms with Crippen molar-refractivity contribution < 1.29 is 0 Å². The van der Waals surface area contributed by atoms with Crippen molar-refractivity contribution in [1.29, 1.82) is 0 Å². The van der Waals surface area contributed by atoms with Crippen LogP contribution in [0.5, 0.6) is 0 Å². The van der Waals surface area contributed by atoms with Crippen LogP contribution in [0.15, 0.2) is 0 Å². The Kier molecular flexibility index (Phi) is 9.84. The summed E-state index contributed by atoms with van der Waals surface area (Å²) in [6.45, 7) is 28.4. The first-order valence-corrected chi connectivity index (χ1v) is 12.0. The van der Waals surface area contributed by atoms with Gasteiger partial charge >= 0.3 is 146 Å². The minimum absolute atomic E-state index is 0.593. The molecule has 0 fully saturated rings. The van der Waals surface area contributed by atoms with Crippen LogP contribution >= 0.6 is 0 Å². The third-order valence-corrected chi connectivity index (χ3v) is 13.4. The molecule has 0 aliphatic heterocycles. The maximum absolute atomic E-state index is 2.83. The number of nitrogens with zero attached hydrogens (tertiary/aromatic N) is 3. The summed E-state index contributed by atoms with van der Waals surface area (Å²) in [5.41, 5.74) is 0. The molecule has 0 aromatic carbocycles. The van der Waals surface area contributed by atoms with E-state index in [1.165, 1.54) is 0 Å².